The molecule has 0 saturated carbocycles. The highest BCUT2D eigenvalue weighted by Gasteiger charge is 2.34. The number of hydrogen-bond acceptors (Lipinski definition) is 1. The Hall–Kier alpha value is -1.91. The summed E-state index contributed by atoms with van der Waals surface area (Å²) in [5.41, 5.74) is -0.686. The molecule has 2 aromatic rings. The van der Waals surface area contributed by atoms with Gasteiger partial charge in [-0.25, -0.2) is 4.39 Å². The quantitative estimate of drug-likeness (QED) is 0.731. The first-order valence-corrected chi connectivity index (χ1v) is 5.20. The predicted octanol–water partition coefficient (Wildman–Crippen LogP) is 4.24. The van der Waals surface area contributed by atoms with Gasteiger partial charge >= 0.3 is 6.18 Å². The Morgan fingerprint density at radius 3 is 2.39 bits per heavy atom. The number of pyridine rings is 1. The molecule has 1 aromatic heterocycles. The van der Waals surface area contributed by atoms with Crippen LogP contribution in [0, 0.1) is 0 Å². The minimum absolute atomic E-state index is 0.00186. The fourth-order valence-electron chi connectivity index (χ4n) is 1.65. The van der Waals surface area contributed by atoms with Crippen molar-refractivity contribution in [1.29, 1.82) is 0 Å². The van der Waals surface area contributed by atoms with Crippen molar-refractivity contribution in [2.75, 3.05) is 0 Å². The van der Waals surface area contributed by atoms with E-state index in [1.807, 2.05) is 0 Å². The molecule has 0 aliphatic heterocycles. The fraction of sp³-hybridized carbons (Fsp3) is 0.154. The van der Waals surface area contributed by atoms with Crippen molar-refractivity contribution in [3.63, 3.8) is 0 Å². The SMILES string of the molecule is FCc1ccc(-c2ccccn2)c(C(F)(F)F)c1. The number of aromatic nitrogens is 1. The van der Waals surface area contributed by atoms with Gasteiger partial charge < -0.3 is 0 Å². The van der Waals surface area contributed by atoms with Gasteiger partial charge in [0.25, 0.3) is 0 Å². The fourth-order valence-corrected chi connectivity index (χ4v) is 1.65. The zero-order valence-corrected chi connectivity index (χ0v) is 9.21. The molecular formula is C13H9F4N. The second-order valence-electron chi connectivity index (χ2n) is 3.73. The molecule has 18 heavy (non-hydrogen) atoms. The van der Waals surface area contributed by atoms with Crippen LogP contribution >= 0.6 is 0 Å². The predicted molar refractivity (Wildman–Crippen MR) is 59.5 cm³/mol. The third-order valence-electron chi connectivity index (χ3n) is 2.48. The lowest BCUT2D eigenvalue weighted by Gasteiger charge is -2.13. The van der Waals surface area contributed by atoms with Gasteiger partial charge in [0.05, 0.1) is 11.3 Å². The standard InChI is InChI=1S/C13H9F4N/c14-8-9-4-5-10(11(7-9)13(15,16)17)12-3-1-2-6-18-12/h1-7H,8H2. The third-order valence-corrected chi connectivity index (χ3v) is 2.48. The summed E-state index contributed by atoms with van der Waals surface area (Å²) in [6.07, 6.45) is -3.11. The van der Waals surface area contributed by atoms with Gasteiger partial charge in [-0.05, 0) is 23.8 Å². The number of halogens is 4. The van der Waals surface area contributed by atoms with Crippen molar-refractivity contribution in [3.05, 3.63) is 53.7 Å². The Morgan fingerprint density at radius 1 is 1.06 bits per heavy atom. The zero-order chi connectivity index (χ0) is 13.2. The molecule has 0 radical (unpaired) electrons. The van der Waals surface area contributed by atoms with Gasteiger partial charge in [-0.15, -0.1) is 0 Å². The van der Waals surface area contributed by atoms with Crippen molar-refractivity contribution >= 4 is 0 Å². The average molecular weight is 255 g/mol. The number of benzene rings is 1. The van der Waals surface area contributed by atoms with Crippen LogP contribution in [0.5, 0.6) is 0 Å². The summed E-state index contributed by atoms with van der Waals surface area (Å²) in [5.74, 6) is 0. The molecule has 0 atom stereocenters. The van der Waals surface area contributed by atoms with Crippen LogP contribution in [0.25, 0.3) is 11.3 Å². The third kappa shape index (κ3) is 2.50. The first kappa shape index (κ1) is 12.5. The van der Waals surface area contributed by atoms with Crippen molar-refractivity contribution < 1.29 is 17.6 Å². The van der Waals surface area contributed by atoms with Crippen LogP contribution in [0.4, 0.5) is 17.6 Å². The summed E-state index contributed by atoms with van der Waals surface area (Å²) in [6.45, 7) is -0.925. The second kappa shape index (κ2) is 4.76. The van der Waals surface area contributed by atoms with Gasteiger partial charge in [-0.1, -0.05) is 18.2 Å². The van der Waals surface area contributed by atoms with E-state index in [0.717, 1.165) is 6.07 Å². The molecule has 1 aromatic carbocycles. The summed E-state index contributed by atoms with van der Waals surface area (Å²) >= 11 is 0. The van der Waals surface area contributed by atoms with Crippen LogP contribution in [0.15, 0.2) is 42.6 Å². The summed E-state index contributed by atoms with van der Waals surface area (Å²) in [6, 6.07) is 8.11. The molecule has 0 saturated heterocycles. The maximum absolute atomic E-state index is 12.9. The van der Waals surface area contributed by atoms with Gasteiger partial charge in [0.2, 0.25) is 0 Å². The minimum atomic E-state index is -4.53. The molecule has 0 bridgehead atoms. The lowest BCUT2D eigenvalue weighted by atomic mass is 10.0. The van der Waals surface area contributed by atoms with E-state index in [2.05, 4.69) is 4.98 Å². The molecule has 2 rings (SSSR count). The Balaban J connectivity index is 2.61. The highest BCUT2D eigenvalue weighted by Crippen LogP contribution is 2.37. The molecule has 0 amide bonds. The number of nitrogens with zero attached hydrogens (tertiary/aromatic N) is 1. The van der Waals surface area contributed by atoms with Crippen LogP contribution < -0.4 is 0 Å². The molecule has 0 aliphatic carbocycles. The van der Waals surface area contributed by atoms with Crippen molar-refractivity contribution in [2.45, 2.75) is 12.9 Å². The Labute approximate surface area is 101 Å². The molecule has 1 nitrogen and oxygen atoms in total. The second-order valence-corrected chi connectivity index (χ2v) is 3.73. The van der Waals surface area contributed by atoms with E-state index >= 15 is 0 Å². The Morgan fingerprint density at radius 2 is 1.83 bits per heavy atom. The number of rotatable bonds is 2. The first-order valence-electron chi connectivity index (χ1n) is 5.20. The van der Waals surface area contributed by atoms with Crippen LogP contribution in [0.2, 0.25) is 0 Å². The Bertz CT molecular complexity index is 534. The van der Waals surface area contributed by atoms with Crippen LogP contribution in [-0.4, -0.2) is 4.98 Å². The lowest BCUT2D eigenvalue weighted by molar-refractivity contribution is -0.137. The highest BCUT2D eigenvalue weighted by molar-refractivity contribution is 5.65. The largest absolute Gasteiger partial charge is 0.417 e. The maximum atomic E-state index is 12.9. The van der Waals surface area contributed by atoms with Crippen molar-refractivity contribution in [3.8, 4) is 11.3 Å². The van der Waals surface area contributed by atoms with E-state index in [-0.39, 0.29) is 16.8 Å². The van der Waals surface area contributed by atoms with E-state index in [9.17, 15) is 17.6 Å². The first-order chi connectivity index (χ1) is 8.52. The molecule has 5 heteroatoms. The molecule has 0 N–H and O–H groups in total. The molecular weight excluding hydrogens is 246 g/mol. The maximum Gasteiger partial charge on any atom is 0.417 e. The number of alkyl halides is 4. The molecule has 1 heterocycles. The molecule has 0 aliphatic rings. The number of hydrogen-bond donors (Lipinski definition) is 0. The van der Waals surface area contributed by atoms with Crippen molar-refractivity contribution in [1.82, 2.24) is 4.98 Å². The van der Waals surface area contributed by atoms with Crippen LogP contribution in [0.1, 0.15) is 11.1 Å². The van der Waals surface area contributed by atoms with Crippen LogP contribution in [-0.2, 0) is 12.9 Å². The lowest BCUT2D eigenvalue weighted by Crippen LogP contribution is -2.08. The van der Waals surface area contributed by atoms with Crippen LogP contribution in [0.3, 0.4) is 0 Å². The zero-order valence-electron chi connectivity index (χ0n) is 9.21. The summed E-state index contributed by atoms with van der Waals surface area (Å²) in [4.78, 5) is 3.88. The highest BCUT2D eigenvalue weighted by atomic mass is 19.4. The van der Waals surface area contributed by atoms with Gasteiger partial charge in [-0.3, -0.25) is 4.98 Å². The van der Waals surface area contributed by atoms with Gasteiger partial charge in [0.15, 0.2) is 0 Å². The van der Waals surface area contributed by atoms with Gasteiger partial charge in [0.1, 0.15) is 6.67 Å². The minimum Gasteiger partial charge on any atom is -0.256 e. The van der Waals surface area contributed by atoms with Crippen molar-refractivity contribution in [2.24, 2.45) is 0 Å². The summed E-state index contributed by atoms with van der Waals surface area (Å²) in [5, 5.41) is 0. The normalized spacial score (nSPS) is 11.6. The monoisotopic (exact) mass is 255 g/mol. The molecule has 94 valence electrons. The van der Waals surface area contributed by atoms with E-state index in [4.69, 9.17) is 0 Å². The van der Waals surface area contributed by atoms with E-state index in [0.29, 0.717) is 0 Å². The summed E-state index contributed by atoms with van der Waals surface area (Å²) in [7, 11) is 0. The molecule has 0 fully saturated rings. The van der Waals surface area contributed by atoms with E-state index in [1.54, 1.807) is 12.1 Å². The average Bonchev–Trinajstić information content (AvgIpc) is 2.38. The van der Waals surface area contributed by atoms with E-state index < -0.39 is 18.4 Å². The van der Waals surface area contributed by atoms with Gasteiger partial charge in [0, 0.05) is 11.8 Å². The smallest absolute Gasteiger partial charge is 0.256 e. The topological polar surface area (TPSA) is 12.9 Å². The molecule has 0 spiro atoms. The van der Waals surface area contributed by atoms with Gasteiger partial charge in [-0.2, -0.15) is 13.2 Å². The Kier molecular flexibility index (Phi) is 3.32. The summed E-state index contributed by atoms with van der Waals surface area (Å²) < 4.78 is 51.1. The van der Waals surface area contributed by atoms with E-state index in [1.165, 1.54) is 24.4 Å². The molecule has 0 unspecified atom stereocenters.